The van der Waals surface area contributed by atoms with Crippen LogP contribution in [0.1, 0.15) is 11.3 Å². The molecule has 0 fully saturated rings. The Kier molecular flexibility index (Phi) is 4.35. The van der Waals surface area contributed by atoms with E-state index in [9.17, 15) is 5.11 Å². The van der Waals surface area contributed by atoms with Crippen LogP contribution in [0.5, 0.6) is 0 Å². The lowest BCUT2D eigenvalue weighted by atomic mass is 10.3. The van der Waals surface area contributed by atoms with Crippen molar-refractivity contribution in [2.75, 3.05) is 12.3 Å². The van der Waals surface area contributed by atoms with Gasteiger partial charge in [0.05, 0.1) is 18.1 Å². The molecule has 1 atom stereocenters. The third kappa shape index (κ3) is 3.42. The van der Waals surface area contributed by atoms with E-state index in [2.05, 4.69) is 0 Å². The van der Waals surface area contributed by atoms with E-state index in [0.717, 1.165) is 17.1 Å². The largest absolute Gasteiger partial charge is 0.468 e. The third-order valence-corrected chi connectivity index (χ3v) is 2.87. The van der Waals surface area contributed by atoms with Crippen molar-refractivity contribution < 1.29 is 9.52 Å². The lowest BCUT2D eigenvalue weighted by molar-refractivity contribution is 0.208. The predicted octanol–water partition coefficient (Wildman–Crippen LogP) is 1.14. The van der Waals surface area contributed by atoms with Gasteiger partial charge in [0, 0.05) is 12.3 Å². The van der Waals surface area contributed by atoms with Crippen LogP contribution in [0, 0.1) is 6.92 Å². The van der Waals surface area contributed by atoms with Gasteiger partial charge < -0.3 is 15.3 Å². The Hall–Kier alpha value is -0.450. The molecule has 1 heterocycles. The Morgan fingerprint density at radius 2 is 2.46 bits per heavy atom. The van der Waals surface area contributed by atoms with Gasteiger partial charge in [-0.2, -0.15) is 11.8 Å². The maximum atomic E-state index is 9.18. The molecule has 3 nitrogen and oxygen atoms in total. The second-order valence-electron chi connectivity index (χ2n) is 2.93. The fraction of sp³-hybridized carbons (Fsp3) is 0.556. The van der Waals surface area contributed by atoms with Crippen LogP contribution < -0.4 is 5.73 Å². The second-order valence-corrected chi connectivity index (χ2v) is 3.96. The summed E-state index contributed by atoms with van der Waals surface area (Å²) in [6.07, 6.45) is 1.28. The number of hydrogen-bond donors (Lipinski definition) is 2. The van der Waals surface area contributed by atoms with Crippen LogP contribution in [-0.4, -0.2) is 23.5 Å². The first-order valence-electron chi connectivity index (χ1n) is 4.23. The highest BCUT2D eigenvalue weighted by atomic mass is 32.2. The van der Waals surface area contributed by atoms with E-state index in [0.29, 0.717) is 12.3 Å². The molecule has 1 rings (SSSR count). The number of thioether (sulfide) groups is 1. The zero-order valence-corrected chi connectivity index (χ0v) is 8.51. The average molecular weight is 201 g/mol. The normalized spacial score (nSPS) is 13.2. The van der Waals surface area contributed by atoms with E-state index >= 15 is 0 Å². The first kappa shape index (κ1) is 10.6. The zero-order valence-electron chi connectivity index (χ0n) is 7.69. The SMILES string of the molecule is Cc1ccoc1CSC[C@H](O)CN. The number of rotatable bonds is 5. The summed E-state index contributed by atoms with van der Waals surface area (Å²) in [5.74, 6) is 2.45. The monoisotopic (exact) mass is 201 g/mol. The minimum Gasteiger partial charge on any atom is -0.468 e. The van der Waals surface area contributed by atoms with Gasteiger partial charge in [0.15, 0.2) is 0 Å². The fourth-order valence-corrected chi connectivity index (χ4v) is 1.91. The van der Waals surface area contributed by atoms with Crippen LogP contribution >= 0.6 is 11.8 Å². The molecule has 1 aromatic heterocycles. The van der Waals surface area contributed by atoms with E-state index in [1.54, 1.807) is 18.0 Å². The molecule has 0 bridgehead atoms. The van der Waals surface area contributed by atoms with Gasteiger partial charge in [0.2, 0.25) is 0 Å². The Labute approximate surface area is 82.3 Å². The van der Waals surface area contributed by atoms with Crippen molar-refractivity contribution >= 4 is 11.8 Å². The molecule has 0 aromatic carbocycles. The minimum absolute atomic E-state index is 0.324. The summed E-state index contributed by atoms with van der Waals surface area (Å²) in [4.78, 5) is 0. The fourth-order valence-electron chi connectivity index (χ4n) is 0.908. The first-order chi connectivity index (χ1) is 6.24. The summed E-state index contributed by atoms with van der Waals surface area (Å²) in [5.41, 5.74) is 6.44. The highest BCUT2D eigenvalue weighted by Gasteiger charge is 2.04. The van der Waals surface area contributed by atoms with Gasteiger partial charge in [-0.15, -0.1) is 0 Å². The van der Waals surface area contributed by atoms with Crippen molar-refractivity contribution in [3.8, 4) is 0 Å². The Balaban J connectivity index is 2.24. The zero-order chi connectivity index (χ0) is 9.68. The highest BCUT2D eigenvalue weighted by Crippen LogP contribution is 2.17. The molecule has 0 radical (unpaired) electrons. The van der Waals surface area contributed by atoms with Crippen LogP contribution in [0.25, 0.3) is 0 Å². The summed E-state index contributed by atoms with van der Waals surface area (Å²) >= 11 is 1.63. The van der Waals surface area contributed by atoms with E-state index in [-0.39, 0.29) is 0 Å². The molecular formula is C9H15NO2S. The van der Waals surface area contributed by atoms with Crippen molar-refractivity contribution in [1.82, 2.24) is 0 Å². The standard InChI is InChI=1S/C9H15NO2S/c1-7-2-3-12-9(7)6-13-5-8(11)4-10/h2-3,8,11H,4-6,10H2,1H3/t8-/m1/s1. The summed E-state index contributed by atoms with van der Waals surface area (Å²) in [7, 11) is 0. The van der Waals surface area contributed by atoms with E-state index in [1.165, 1.54) is 0 Å². The van der Waals surface area contributed by atoms with Crippen LogP contribution in [0.2, 0.25) is 0 Å². The number of hydrogen-bond acceptors (Lipinski definition) is 4. The van der Waals surface area contributed by atoms with Gasteiger partial charge in [0.1, 0.15) is 5.76 Å². The summed E-state index contributed by atoms with van der Waals surface area (Å²) < 4.78 is 5.25. The third-order valence-electron chi connectivity index (χ3n) is 1.78. The molecule has 0 aliphatic rings. The summed E-state index contributed by atoms with van der Waals surface area (Å²) in [6.45, 7) is 2.34. The molecule has 3 N–H and O–H groups in total. The van der Waals surface area contributed by atoms with Gasteiger partial charge in [-0.25, -0.2) is 0 Å². The lowest BCUT2D eigenvalue weighted by Crippen LogP contribution is -2.21. The van der Waals surface area contributed by atoms with Gasteiger partial charge >= 0.3 is 0 Å². The molecule has 0 amide bonds. The summed E-state index contributed by atoms with van der Waals surface area (Å²) in [5, 5.41) is 9.18. The Morgan fingerprint density at radius 1 is 1.69 bits per heavy atom. The maximum absolute atomic E-state index is 9.18. The van der Waals surface area contributed by atoms with Crippen LogP contribution in [-0.2, 0) is 5.75 Å². The van der Waals surface area contributed by atoms with Crippen molar-refractivity contribution in [1.29, 1.82) is 0 Å². The quantitative estimate of drug-likeness (QED) is 0.750. The van der Waals surface area contributed by atoms with Crippen molar-refractivity contribution in [3.63, 3.8) is 0 Å². The molecule has 0 saturated heterocycles. The average Bonchev–Trinajstić information content (AvgIpc) is 2.52. The minimum atomic E-state index is -0.403. The van der Waals surface area contributed by atoms with Gasteiger partial charge in [0.25, 0.3) is 0 Å². The number of aliphatic hydroxyl groups excluding tert-OH is 1. The molecular weight excluding hydrogens is 186 g/mol. The van der Waals surface area contributed by atoms with Gasteiger partial charge in [-0.3, -0.25) is 0 Å². The molecule has 0 unspecified atom stereocenters. The van der Waals surface area contributed by atoms with E-state index < -0.39 is 6.10 Å². The van der Waals surface area contributed by atoms with E-state index in [4.69, 9.17) is 10.2 Å². The van der Waals surface area contributed by atoms with Gasteiger partial charge in [-0.05, 0) is 18.6 Å². The number of nitrogens with two attached hydrogens (primary N) is 1. The molecule has 1 aromatic rings. The maximum Gasteiger partial charge on any atom is 0.116 e. The topological polar surface area (TPSA) is 59.4 Å². The van der Waals surface area contributed by atoms with Gasteiger partial charge in [-0.1, -0.05) is 0 Å². The first-order valence-corrected chi connectivity index (χ1v) is 5.38. The lowest BCUT2D eigenvalue weighted by Gasteiger charge is -2.05. The summed E-state index contributed by atoms with van der Waals surface area (Å²) in [6, 6.07) is 1.94. The number of aryl methyl sites for hydroxylation is 1. The Bertz CT molecular complexity index is 250. The predicted molar refractivity (Wildman–Crippen MR) is 54.7 cm³/mol. The smallest absolute Gasteiger partial charge is 0.116 e. The Morgan fingerprint density at radius 3 is 3.00 bits per heavy atom. The number of furan rings is 1. The van der Waals surface area contributed by atoms with Crippen LogP contribution in [0.3, 0.4) is 0 Å². The molecule has 0 saturated carbocycles. The highest BCUT2D eigenvalue weighted by molar-refractivity contribution is 7.98. The molecule has 74 valence electrons. The molecule has 0 aliphatic heterocycles. The number of aliphatic hydroxyl groups is 1. The van der Waals surface area contributed by atoms with Crippen molar-refractivity contribution in [3.05, 3.63) is 23.7 Å². The van der Waals surface area contributed by atoms with Crippen LogP contribution in [0.15, 0.2) is 16.7 Å². The molecule has 13 heavy (non-hydrogen) atoms. The van der Waals surface area contributed by atoms with Crippen LogP contribution in [0.4, 0.5) is 0 Å². The second kappa shape index (κ2) is 5.32. The molecule has 0 spiro atoms. The van der Waals surface area contributed by atoms with Crippen molar-refractivity contribution in [2.45, 2.75) is 18.8 Å². The molecule has 4 heteroatoms. The van der Waals surface area contributed by atoms with Crippen molar-refractivity contribution in [2.24, 2.45) is 5.73 Å². The molecule has 0 aliphatic carbocycles. The van der Waals surface area contributed by atoms with E-state index in [1.807, 2.05) is 13.0 Å².